The molecule has 0 aliphatic heterocycles. The van der Waals surface area contributed by atoms with Crippen LogP contribution in [0.1, 0.15) is 45.6 Å². The van der Waals surface area contributed by atoms with Crippen LogP contribution in [0.3, 0.4) is 0 Å². The Kier molecular flexibility index (Phi) is 7.88. The smallest absolute Gasteiger partial charge is 0.132 e. The van der Waals surface area contributed by atoms with Crippen molar-refractivity contribution in [2.45, 2.75) is 47.0 Å². The van der Waals surface area contributed by atoms with Gasteiger partial charge in [0.15, 0.2) is 0 Å². The van der Waals surface area contributed by atoms with E-state index in [1.807, 2.05) is 0 Å². The molecule has 1 aromatic rings. The first-order valence-corrected chi connectivity index (χ1v) is 7.11. The molecule has 0 amide bonds. The number of hydrogen-bond acceptors (Lipinski definition) is 1. The normalized spacial score (nSPS) is 11.1. The van der Waals surface area contributed by atoms with Crippen molar-refractivity contribution in [1.82, 2.24) is 4.48 Å². The first-order valence-electron chi connectivity index (χ1n) is 7.11. The molecular weight excluding hydrogens is 222 g/mol. The fourth-order valence-electron chi connectivity index (χ4n) is 2.56. The second kappa shape index (κ2) is 8.28. The molecule has 104 valence electrons. The van der Waals surface area contributed by atoms with Crippen molar-refractivity contribution in [2.24, 2.45) is 0 Å². The van der Waals surface area contributed by atoms with Crippen molar-refractivity contribution in [3.63, 3.8) is 0 Å². The van der Waals surface area contributed by atoms with E-state index in [0.717, 1.165) is 4.48 Å². The summed E-state index contributed by atoms with van der Waals surface area (Å²) in [5.74, 6) is 0. The quantitative estimate of drug-likeness (QED) is 0.523. The number of hydrogen-bond donors (Lipinski definition) is 0. The maximum atomic E-state index is 2.31. The minimum Gasteiger partial charge on any atom is -0.870 e. The molecule has 0 fully saturated rings. The topological polar surface area (TPSA) is 30.0 Å². The average molecular weight is 251 g/mol. The van der Waals surface area contributed by atoms with Crippen LogP contribution in [0.15, 0.2) is 24.3 Å². The van der Waals surface area contributed by atoms with Crippen LogP contribution in [0.2, 0.25) is 0 Å². The van der Waals surface area contributed by atoms with Crippen molar-refractivity contribution >= 4 is 5.69 Å². The van der Waals surface area contributed by atoms with Gasteiger partial charge in [-0.3, -0.25) is 4.48 Å². The number of benzene rings is 1. The SMILES string of the molecule is CCCCC[N+](CC)(CC)c1ccc(C)cc1.[OH-]. The first-order chi connectivity index (χ1) is 8.18. The number of aryl methyl sites for hydroxylation is 1. The van der Waals surface area contributed by atoms with E-state index in [0.29, 0.717) is 0 Å². The Labute approximate surface area is 113 Å². The van der Waals surface area contributed by atoms with Crippen LogP contribution < -0.4 is 4.48 Å². The molecule has 1 rings (SSSR count). The van der Waals surface area contributed by atoms with E-state index in [-0.39, 0.29) is 5.48 Å². The van der Waals surface area contributed by atoms with E-state index in [1.165, 1.54) is 50.1 Å². The number of nitrogens with zero attached hydrogens (tertiary/aromatic N) is 1. The average Bonchev–Trinajstić information content (AvgIpc) is 2.37. The predicted molar refractivity (Wildman–Crippen MR) is 80.4 cm³/mol. The lowest BCUT2D eigenvalue weighted by Gasteiger charge is -2.36. The standard InChI is InChI=1S/C16H28N.H2O/c1-5-8-9-14-17(6-2,7-3)16-12-10-15(4)11-13-16;/h10-13H,5-9,14H2,1-4H3;1H2/q+1;/p-1. The van der Waals surface area contributed by atoms with Gasteiger partial charge < -0.3 is 5.48 Å². The van der Waals surface area contributed by atoms with E-state index in [4.69, 9.17) is 0 Å². The summed E-state index contributed by atoms with van der Waals surface area (Å²) in [6.07, 6.45) is 4.00. The summed E-state index contributed by atoms with van der Waals surface area (Å²) in [6, 6.07) is 9.11. The van der Waals surface area contributed by atoms with Crippen molar-refractivity contribution in [1.29, 1.82) is 0 Å². The molecule has 0 aromatic heterocycles. The van der Waals surface area contributed by atoms with Gasteiger partial charge in [0.05, 0.1) is 19.6 Å². The monoisotopic (exact) mass is 251 g/mol. The zero-order valence-electron chi connectivity index (χ0n) is 12.4. The Balaban J connectivity index is 0.00000289. The highest BCUT2D eigenvalue weighted by Crippen LogP contribution is 2.24. The van der Waals surface area contributed by atoms with Gasteiger partial charge in [-0.2, -0.15) is 0 Å². The Bertz CT molecular complexity index is 314. The Morgan fingerprint density at radius 2 is 1.44 bits per heavy atom. The molecule has 0 saturated carbocycles. The van der Waals surface area contributed by atoms with E-state index < -0.39 is 0 Å². The van der Waals surface area contributed by atoms with E-state index >= 15 is 0 Å². The third kappa shape index (κ3) is 4.11. The second-order valence-corrected chi connectivity index (χ2v) is 5.04. The van der Waals surface area contributed by atoms with E-state index in [9.17, 15) is 0 Å². The van der Waals surface area contributed by atoms with Gasteiger partial charge in [0.1, 0.15) is 5.69 Å². The van der Waals surface area contributed by atoms with Gasteiger partial charge in [0, 0.05) is 0 Å². The minimum atomic E-state index is 0. The first kappa shape index (κ1) is 17.1. The molecule has 1 aromatic carbocycles. The fraction of sp³-hybridized carbons (Fsp3) is 0.625. The summed E-state index contributed by atoms with van der Waals surface area (Å²) in [5.41, 5.74) is 2.84. The van der Waals surface area contributed by atoms with Crippen molar-refractivity contribution in [3.05, 3.63) is 29.8 Å². The highest BCUT2D eigenvalue weighted by Gasteiger charge is 2.25. The highest BCUT2D eigenvalue weighted by atomic mass is 16.0. The van der Waals surface area contributed by atoms with Crippen LogP contribution in [0, 0.1) is 6.92 Å². The van der Waals surface area contributed by atoms with E-state index in [2.05, 4.69) is 52.0 Å². The zero-order valence-corrected chi connectivity index (χ0v) is 12.4. The molecule has 0 atom stereocenters. The summed E-state index contributed by atoms with van der Waals surface area (Å²) in [7, 11) is 0. The lowest BCUT2D eigenvalue weighted by molar-refractivity contribution is 0.293. The van der Waals surface area contributed by atoms with Gasteiger partial charge in [0.2, 0.25) is 0 Å². The summed E-state index contributed by atoms with van der Waals surface area (Å²) in [5, 5.41) is 0. The molecule has 0 bridgehead atoms. The Hall–Kier alpha value is -0.860. The summed E-state index contributed by atoms with van der Waals surface area (Å²) in [6.45, 7) is 12.7. The van der Waals surface area contributed by atoms with E-state index in [1.54, 1.807) is 0 Å². The summed E-state index contributed by atoms with van der Waals surface area (Å²) in [4.78, 5) is 0. The molecule has 0 saturated heterocycles. The summed E-state index contributed by atoms with van der Waals surface area (Å²) >= 11 is 0. The fourth-order valence-corrected chi connectivity index (χ4v) is 2.56. The highest BCUT2D eigenvalue weighted by molar-refractivity contribution is 5.44. The molecule has 0 unspecified atom stereocenters. The molecule has 0 spiro atoms. The van der Waals surface area contributed by atoms with Gasteiger partial charge in [0.25, 0.3) is 0 Å². The molecule has 0 aliphatic rings. The van der Waals surface area contributed by atoms with Gasteiger partial charge in [-0.1, -0.05) is 31.0 Å². The summed E-state index contributed by atoms with van der Waals surface area (Å²) < 4.78 is 1.14. The number of quaternary nitrogens is 1. The molecule has 0 aliphatic carbocycles. The van der Waals surface area contributed by atoms with Crippen molar-refractivity contribution in [3.8, 4) is 0 Å². The number of rotatable bonds is 7. The lowest BCUT2D eigenvalue weighted by atomic mass is 10.1. The van der Waals surface area contributed by atoms with Crippen LogP contribution in [0.5, 0.6) is 0 Å². The maximum absolute atomic E-state index is 2.31. The maximum Gasteiger partial charge on any atom is 0.132 e. The van der Waals surface area contributed by atoms with Crippen LogP contribution in [0.25, 0.3) is 0 Å². The third-order valence-corrected chi connectivity index (χ3v) is 3.98. The van der Waals surface area contributed by atoms with Crippen LogP contribution in [0.4, 0.5) is 5.69 Å². The van der Waals surface area contributed by atoms with Crippen LogP contribution >= 0.6 is 0 Å². The van der Waals surface area contributed by atoms with Gasteiger partial charge in [-0.05, 0) is 45.7 Å². The largest absolute Gasteiger partial charge is 0.870 e. The predicted octanol–water partition coefficient (Wildman–Crippen LogP) is 4.36. The van der Waals surface area contributed by atoms with Crippen LogP contribution in [-0.4, -0.2) is 25.1 Å². The Morgan fingerprint density at radius 1 is 0.889 bits per heavy atom. The molecule has 1 N–H and O–H groups in total. The lowest BCUT2D eigenvalue weighted by Crippen LogP contribution is -2.49. The van der Waals surface area contributed by atoms with Crippen LogP contribution in [-0.2, 0) is 0 Å². The Morgan fingerprint density at radius 3 is 1.89 bits per heavy atom. The van der Waals surface area contributed by atoms with Gasteiger partial charge in [-0.15, -0.1) is 0 Å². The molecule has 2 heteroatoms. The third-order valence-electron chi connectivity index (χ3n) is 3.98. The molecule has 0 radical (unpaired) electrons. The van der Waals surface area contributed by atoms with Crippen molar-refractivity contribution in [2.75, 3.05) is 19.6 Å². The van der Waals surface area contributed by atoms with Crippen molar-refractivity contribution < 1.29 is 5.48 Å². The molecule has 0 heterocycles. The van der Waals surface area contributed by atoms with Gasteiger partial charge >= 0.3 is 0 Å². The zero-order chi connectivity index (χ0) is 12.7. The van der Waals surface area contributed by atoms with Gasteiger partial charge in [-0.25, -0.2) is 0 Å². The minimum absolute atomic E-state index is 0. The molecular formula is C16H29NO. The molecule has 2 nitrogen and oxygen atoms in total. The second-order valence-electron chi connectivity index (χ2n) is 5.04. The molecule has 18 heavy (non-hydrogen) atoms. The number of unbranched alkanes of at least 4 members (excludes halogenated alkanes) is 2.